The smallest absolute Gasteiger partial charge is 0.233 e. The lowest BCUT2D eigenvalue weighted by Crippen LogP contribution is -2.50. The number of halogens is 1. The van der Waals surface area contributed by atoms with Crippen LogP contribution in [-0.2, 0) is 9.53 Å². The van der Waals surface area contributed by atoms with Crippen molar-refractivity contribution in [2.24, 2.45) is 0 Å². The highest BCUT2D eigenvalue weighted by molar-refractivity contribution is 7.99. The topological polar surface area (TPSA) is 61.8 Å². The predicted molar refractivity (Wildman–Crippen MR) is 144 cm³/mol. The van der Waals surface area contributed by atoms with E-state index in [1.807, 2.05) is 17.0 Å². The first-order valence-electron chi connectivity index (χ1n) is 12.3. The Morgan fingerprint density at radius 2 is 1.50 bits per heavy atom. The molecule has 0 saturated carbocycles. The molecule has 0 spiro atoms. The predicted octanol–water partition coefficient (Wildman–Crippen LogP) is 3.99. The van der Waals surface area contributed by atoms with Gasteiger partial charge in [0.2, 0.25) is 5.91 Å². The fourth-order valence-corrected chi connectivity index (χ4v) is 5.72. The third kappa shape index (κ3) is 6.18. The molecule has 0 unspecified atom stereocenters. The van der Waals surface area contributed by atoms with Crippen molar-refractivity contribution >= 4 is 35.1 Å². The SMILES string of the molecule is O=C(CSc1nc(Cl)cc(N2CCOCC2)n1)N1CCN(C(c2ccccc2)c2ccccc2)CC1. The van der Waals surface area contributed by atoms with E-state index in [1.165, 1.54) is 22.9 Å². The van der Waals surface area contributed by atoms with Crippen LogP contribution in [-0.4, -0.2) is 83.9 Å². The third-order valence-electron chi connectivity index (χ3n) is 6.58. The Labute approximate surface area is 221 Å². The van der Waals surface area contributed by atoms with Gasteiger partial charge in [0.25, 0.3) is 0 Å². The monoisotopic (exact) mass is 523 g/mol. The lowest BCUT2D eigenvalue weighted by Gasteiger charge is -2.39. The second kappa shape index (κ2) is 12.1. The van der Waals surface area contributed by atoms with Crippen LogP contribution in [0.1, 0.15) is 17.2 Å². The van der Waals surface area contributed by atoms with Crippen LogP contribution < -0.4 is 4.90 Å². The molecule has 0 radical (unpaired) electrons. The number of ether oxygens (including phenoxy) is 1. The minimum absolute atomic E-state index is 0.104. The van der Waals surface area contributed by atoms with Crippen molar-refractivity contribution in [1.82, 2.24) is 19.8 Å². The van der Waals surface area contributed by atoms with Gasteiger partial charge in [-0.25, -0.2) is 9.97 Å². The molecule has 0 N–H and O–H groups in total. The van der Waals surface area contributed by atoms with Gasteiger partial charge in [0.05, 0.1) is 25.0 Å². The number of hydrogen-bond donors (Lipinski definition) is 0. The van der Waals surface area contributed by atoms with Crippen molar-refractivity contribution in [2.45, 2.75) is 11.2 Å². The first-order chi connectivity index (χ1) is 17.7. The van der Waals surface area contributed by atoms with E-state index in [0.29, 0.717) is 42.4 Å². The van der Waals surface area contributed by atoms with Gasteiger partial charge in [-0.3, -0.25) is 9.69 Å². The van der Waals surface area contributed by atoms with Gasteiger partial charge in [0, 0.05) is 45.3 Å². The van der Waals surface area contributed by atoms with Crippen LogP contribution in [0.2, 0.25) is 5.15 Å². The summed E-state index contributed by atoms with van der Waals surface area (Å²) in [5.74, 6) is 1.19. The van der Waals surface area contributed by atoms with Gasteiger partial charge in [-0.1, -0.05) is 84.0 Å². The minimum atomic E-state index is 0.104. The molecule has 1 aromatic heterocycles. The second-order valence-corrected chi connectivity index (χ2v) is 10.2. The van der Waals surface area contributed by atoms with Crippen molar-refractivity contribution in [3.8, 4) is 0 Å². The maximum Gasteiger partial charge on any atom is 0.233 e. The number of thioether (sulfide) groups is 1. The molecule has 1 amide bonds. The number of carbonyl (C=O) groups excluding carboxylic acids is 1. The molecule has 3 aromatic rings. The number of piperazine rings is 1. The first-order valence-corrected chi connectivity index (χ1v) is 13.7. The number of benzene rings is 2. The highest BCUT2D eigenvalue weighted by Crippen LogP contribution is 2.30. The summed E-state index contributed by atoms with van der Waals surface area (Å²) in [6.45, 7) is 5.92. The van der Waals surface area contributed by atoms with Crippen molar-refractivity contribution in [3.63, 3.8) is 0 Å². The van der Waals surface area contributed by atoms with Crippen LogP contribution in [0, 0.1) is 0 Å². The quantitative estimate of drug-likeness (QED) is 0.263. The largest absolute Gasteiger partial charge is 0.378 e. The number of morpholine rings is 1. The Morgan fingerprint density at radius 1 is 0.889 bits per heavy atom. The molecule has 188 valence electrons. The molecule has 36 heavy (non-hydrogen) atoms. The van der Waals surface area contributed by atoms with E-state index in [9.17, 15) is 4.79 Å². The van der Waals surface area contributed by atoms with Gasteiger partial charge in [-0.15, -0.1) is 0 Å². The zero-order valence-corrected chi connectivity index (χ0v) is 21.7. The molecular formula is C27H30ClN5O2S. The number of hydrogen-bond acceptors (Lipinski definition) is 7. The number of nitrogens with zero attached hydrogens (tertiary/aromatic N) is 5. The van der Waals surface area contributed by atoms with Crippen molar-refractivity contribution in [3.05, 3.63) is 83.0 Å². The van der Waals surface area contributed by atoms with Gasteiger partial charge in [0.1, 0.15) is 11.0 Å². The van der Waals surface area contributed by atoms with Crippen molar-refractivity contribution in [2.75, 3.05) is 63.1 Å². The van der Waals surface area contributed by atoms with Crippen molar-refractivity contribution in [1.29, 1.82) is 0 Å². The van der Waals surface area contributed by atoms with Crippen LogP contribution in [0.15, 0.2) is 71.9 Å². The van der Waals surface area contributed by atoms with Gasteiger partial charge < -0.3 is 14.5 Å². The second-order valence-electron chi connectivity index (χ2n) is 8.86. The maximum atomic E-state index is 13.0. The Bertz CT molecular complexity index is 1100. The molecule has 0 bridgehead atoms. The Morgan fingerprint density at radius 3 is 2.11 bits per heavy atom. The number of anilines is 1. The zero-order chi connectivity index (χ0) is 24.7. The van der Waals surface area contributed by atoms with E-state index < -0.39 is 0 Å². The summed E-state index contributed by atoms with van der Waals surface area (Å²) < 4.78 is 5.42. The summed E-state index contributed by atoms with van der Waals surface area (Å²) in [5.41, 5.74) is 2.54. The molecular weight excluding hydrogens is 494 g/mol. The molecule has 2 aliphatic heterocycles. The molecule has 2 aliphatic rings. The lowest BCUT2D eigenvalue weighted by molar-refractivity contribution is -0.130. The zero-order valence-electron chi connectivity index (χ0n) is 20.1. The number of aromatic nitrogens is 2. The van der Waals surface area contributed by atoms with Crippen LogP contribution in [0.3, 0.4) is 0 Å². The molecule has 2 fully saturated rings. The highest BCUT2D eigenvalue weighted by atomic mass is 35.5. The Balaban J connectivity index is 1.19. The van der Waals surface area contributed by atoms with Crippen LogP contribution in [0.4, 0.5) is 5.82 Å². The summed E-state index contributed by atoms with van der Waals surface area (Å²) in [7, 11) is 0. The first kappa shape index (κ1) is 25.0. The molecule has 9 heteroatoms. The summed E-state index contributed by atoms with van der Waals surface area (Å²) in [6.07, 6.45) is 0. The van der Waals surface area contributed by atoms with Gasteiger partial charge in [-0.05, 0) is 11.1 Å². The van der Waals surface area contributed by atoms with Crippen LogP contribution in [0.25, 0.3) is 0 Å². The van der Waals surface area contributed by atoms with Crippen LogP contribution >= 0.6 is 23.4 Å². The standard InChI is InChI=1S/C27H30ClN5O2S/c28-23-19-24(31-15-17-35-18-16-31)30-27(29-23)36-20-25(34)32-11-13-33(14-12-32)26(21-7-3-1-4-8-21)22-9-5-2-6-10-22/h1-10,19,26H,11-18,20H2. The summed E-state index contributed by atoms with van der Waals surface area (Å²) in [6, 6.07) is 23.1. The highest BCUT2D eigenvalue weighted by Gasteiger charge is 2.28. The summed E-state index contributed by atoms with van der Waals surface area (Å²) >= 11 is 7.60. The fraction of sp³-hybridized carbons (Fsp3) is 0.370. The Hall–Kier alpha value is -2.65. The fourth-order valence-electron chi connectivity index (χ4n) is 4.74. The number of rotatable bonds is 7. The molecule has 0 aliphatic carbocycles. The minimum Gasteiger partial charge on any atom is -0.378 e. The molecule has 5 rings (SSSR count). The van der Waals surface area contributed by atoms with E-state index >= 15 is 0 Å². The lowest BCUT2D eigenvalue weighted by atomic mass is 9.96. The van der Waals surface area contributed by atoms with Gasteiger partial charge in [-0.2, -0.15) is 0 Å². The number of amides is 1. The van der Waals surface area contributed by atoms with Gasteiger partial charge in [0.15, 0.2) is 5.16 Å². The molecule has 2 aromatic carbocycles. The van der Waals surface area contributed by atoms with E-state index in [4.69, 9.17) is 16.3 Å². The summed E-state index contributed by atoms with van der Waals surface area (Å²) in [4.78, 5) is 28.5. The molecule has 7 nitrogen and oxygen atoms in total. The average Bonchev–Trinajstić information content (AvgIpc) is 2.94. The normalized spacial score (nSPS) is 16.9. The maximum absolute atomic E-state index is 13.0. The van der Waals surface area contributed by atoms with E-state index in [2.05, 4.69) is 68.3 Å². The molecule has 0 atom stereocenters. The van der Waals surface area contributed by atoms with Gasteiger partial charge >= 0.3 is 0 Å². The summed E-state index contributed by atoms with van der Waals surface area (Å²) in [5, 5.41) is 0.923. The molecule has 2 saturated heterocycles. The average molecular weight is 524 g/mol. The third-order valence-corrected chi connectivity index (χ3v) is 7.61. The molecule has 3 heterocycles. The van der Waals surface area contributed by atoms with E-state index in [1.54, 1.807) is 6.07 Å². The van der Waals surface area contributed by atoms with Crippen molar-refractivity contribution < 1.29 is 9.53 Å². The van der Waals surface area contributed by atoms with Crippen LogP contribution in [0.5, 0.6) is 0 Å². The van der Waals surface area contributed by atoms with E-state index in [0.717, 1.165) is 32.0 Å². The number of carbonyl (C=O) groups is 1. The Kier molecular flexibility index (Phi) is 8.38. The van der Waals surface area contributed by atoms with E-state index in [-0.39, 0.29) is 11.9 Å².